The third-order valence-electron chi connectivity index (χ3n) is 4.86. The largest absolute Gasteiger partial charge is 0.343 e. The van der Waals surface area contributed by atoms with E-state index in [4.69, 9.17) is 0 Å². The number of carbonyl (C=O) groups is 2. The lowest BCUT2D eigenvalue weighted by Crippen LogP contribution is -2.69. The van der Waals surface area contributed by atoms with Crippen LogP contribution >= 0.6 is 0 Å². The lowest BCUT2D eigenvalue weighted by atomic mass is 9.88. The van der Waals surface area contributed by atoms with E-state index < -0.39 is 5.54 Å². The molecule has 0 spiro atoms. The van der Waals surface area contributed by atoms with E-state index in [9.17, 15) is 9.59 Å². The Hall–Kier alpha value is -1.06. The monoisotopic (exact) mass is 280 g/mol. The molecule has 0 aromatic rings. The normalized spacial score (nSPS) is 30.6. The molecule has 0 radical (unpaired) electrons. The predicted octanol–water partition coefficient (Wildman–Crippen LogP) is 2.47. The van der Waals surface area contributed by atoms with Crippen molar-refractivity contribution in [1.29, 1.82) is 0 Å². The summed E-state index contributed by atoms with van der Waals surface area (Å²) in [4.78, 5) is 26.7. The van der Waals surface area contributed by atoms with Gasteiger partial charge in [0.05, 0.1) is 0 Å². The van der Waals surface area contributed by atoms with Crippen LogP contribution in [0, 0.1) is 5.92 Å². The number of carbonyl (C=O) groups excluding carboxylic acids is 2. The highest BCUT2D eigenvalue weighted by molar-refractivity contribution is 5.99. The van der Waals surface area contributed by atoms with Crippen molar-refractivity contribution in [1.82, 2.24) is 10.2 Å². The smallest absolute Gasteiger partial charge is 0.246 e. The van der Waals surface area contributed by atoms with Crippen molar-refractivity contribution in [2.45, 2.75) is 77.3 Å². The molecule has 1 saturated carbocycles. The topological polar surface area (TPSA) is 49.4 Å². The van der Waals surface area contributed by atoms with Gasteiger partial charge in [0.1, 0.15) is 11.6 Å². The minimum atomic E-state index is -0.603. The summed E-state index contributed by atoms with van der Waals surface area (Å²) in [6.45, 7) is 6.67. The van der Waals surface area contributed by atoms with Gasteiger partial charge in [-0.15, -0.1) is 0 Å². The van der Waals surface area contributed by atoms with E-state index in [2.05, 4.69) is 12.2 Å². The van der Waals surface area contributed by atoms with Gasteiger partial charge in [-0.2, -0.15) is 0 Å². The number of nitrogens with zero attached hydrogens (tertiary/aromatic N) is 1. The molecule has 2 aliphatic rings. The van der Waals surface area contributed by atoms with E-state index in [1.807, 2.05) is 11.8 Å². The van der Waals surface area contributed by atoms with E-state index in [0.29, 0.717) is 5.92 Å². The van der Waals surface area contributed by atoms with Gasteiger partial charge in [0.25, 0.3) is 0 Å². The van der Waals surface area contributed by atoms with Crippen LogP contribution in [0.25, 0.3) is 0 Å². The molecule has 0 aromatic heterocycles. The molecule has 1 aliphatic carbocycles. The average molecular weight is 280 g/mol. The van der Waals surface area contributed by atoms with Gasteiger partial charge in [0.15, 0.2) is 0 Å². The fourth-order valence-corrected chi connectivity index (χ4v) is 3.26. The van der Waals surface area contributed by atoms with Crippen LogP contribution in [0.2, 0.25) is 0 Å². The Labute approximate surface area is 122 Å². The summed E-state index contributed by atoms with van der Waals surface area (Å²) in [5.41, 5.74) is -0.603. The maximum Gasteiger partial charge on any atom is 0.246 e. The molecule has 4 heteroatoms. The fourth-order valence-electron chi connectivity index (χ4n) is 3.26. The summed E-state index contributed by atoms with van der Waals surface area (Å²) < 4.78 is 0. The molecule has 4 nitrogen and oxygen atoms in total. The second-order valence-electron chi connectivity index (χ2n) is 6.52. The Morgan fingerprint density at radius 1 is 1.20 bits per heavy atom. The van der Waals surface area contributed by atoms with Crippen molar-refractivity contribution >= 4 is 11.8 Å². The number of piperazine rings is 1. The zero-order valence-electron chi connectivity index (χ0n) is 13.1. The van der Waals surface area contributed by atoms with Gasteiger partial charge in [-0.3, -0.25) is 9.59 Å². The van der Waals surface area contributed by atoms with E-state index in [1.165, 1.54) is 19.3 Å². The SMILES string of the molecule is CCCCCCCN1C(=O)C(C)NC(=O)C1(C)C1CC1. The second kappa shape index (κ2) is 6.15. The molecule has 2 fully saturated rings. The molecule has 2 rings (SSSR count). The van der Waals surface area contributed by atoms with E-state index >= 15 is 0 Å². The molecular formula is C16H28N2O2. The minimum Gasteiger partial charge on any atom is -0.343 e. The van der Waals surface area contributed by atoms with Crippen LogP contribution in [-0.4, -0.2) is 34.8 Å². The van der Waals surface area contributed by atoms with Crippen molar-refractivity contribution in [3.05, 3.63) is 0 Å². The third kappa shape index (κ3) is 2.84. The molecule has 0 aromatic carbocycles. The first-order chi connectivity index (χ1) is 9.51. The maximum absolute atomic E-state index is 12.4. The first-order valence-electron chi connectivity index (χ1n) is 8.14. The first kappa shape index (κ1) is 15.3. The molecule has 2 amide bonds. The zero-order valence-corrected chi connectivity index (χ0v) is 13.1. The molecule has 1 aliphatic heterocycles. The highest BCUT2D eigenvalue weighted by atomic mass is 16.2. The number of nitrogens with one attached hydrogen (secondary N) is 1. The lowest BCUT2D eigenvalue weighted by Gasteiger charge is -2.46. The molecule has 114 valence electrons. The van der Waals surface area contributed by atoms with Crippen molar-refractivity contribution in [2.24, 2.45) is 5.92 Å². The lowest BCUT2D eigenvalue weighted by molar-refractivity contribution is -0.157. The molecule has 2 atom stereocenters. The van der Waals surface area contributed by atoms with Crippen LogP contribution in [0.15, 0.2) is 0 Å². The standard InChI is InChI=1S/C16H28N2O2/c1-4-5-6-7-8-11-18-14(19)12(2)17-15(20)16(18,3)13-9-10-13/h12-13H,4-11H2,1-3H3,(H,17,20). The Kier molecular flexibility index (Phi) is 4.71. The van der Waals surface area contributed by atoms with Crippen LogP contribution in [0.4, 0.5) is 0 Å². The van der Waals surface area contributed by atoms with Crippen molar-refractivity contribution in [2.75, 3.05) is 6.54 Å². The van der Waals surface area contributed by atoms with Crippen LogP contribution in [0.3, 0.4) is 0 Å². The Bertz CT molecular complexity index is 379. The molecular weight excluding hydrogens is 252 g/mol. The van der Waals surface area contributed by atoms with Gasteiger partial charge >= 0.3 is 0 Å². The van der Waals surface area contributed by atoms with Crippen LogP contribution in [-0.2, 0) is 9.59 Å². The Morgan fingerprint density at radius 2 is 1.85 bits per heavy atom. The molecule has 0 bridgehead atoms. The highest BCUT2D eigenvalue weighted by Gasteiger charge is 2.56. The Balaban J connectivity index is 2.00. The number of rotatable bonds is 7. The maximum atomic E-state index is 12.4. The summed E-state index contributed by atoms with van der Waals surface area (Å²) in [6.07, 6.45) is 7.99. The molecule has 1 N–H and O–H groups in total. The van der Waals surface area contributed by atoms with Gasteiger partial charge in [-0.1, -0.05) is 32.6 Å². The Morgan fingerprint density at radius 3 is 2.45 bits per heavy atom. The molecule has 1 saturated heterocycles. The number of hydrogen-bond acceptors (Lipinski definition) is 2. The quantitative estimate of drug-likeness (QED) is 0.728. The number of unbranched alkanes of at least 4 members (excludes halogenated alkanes) is 4. The van der Waals surface area contributed by atoms with Crippen molar-refractivity contribution < 1.29 is 9.59 Å². The van der Waals surface area contributed by atoms with Gasteiger partial charge in [0.2, 0.25) is 11.8 Å². The van der Waals surface area contributed by atoms with Gasteiger partial charge in [0, 0.05) is 6.54 Å². The van der Waals surface area contributed by atoms with Crippen LogP contribution < -0.4 is 5.32 Å². The molecule has 1 heterocycles. The minimum absolute atomic E-state index is 0.0423. The second-order valence-corrected chi connectivity index (χ2v) is 6.52. The third-order valence-corrected chi connectivity index (χ3v) is 4.86. The van der Waals surface area contributed by atoms with E-state index in [1.54, 1.807) is 6.92 Å². The van der Waals surface area contributed by atoms with Gasteiger partial charge in [-0.05, 0) is 39.0 Å². The van der Waals surface area contributed by atoms with E-state index in [0.717, 1.165) is 32.2 Å². The number of amides is 2. The first-order valence-corrected chi connectivity index (χ1v) is 8.14. The predicted molar refractivity (Wildman–Crippen MR) is 79.2 cm³/mol. The van der Waals surface area contributed by atoms with Crippen LogP contribution in [0.1, 0.15) is 65.7 Å². The summed E-state index contributed by atoms with van der Waals surface area (Å²) in [7, 11) is 0. The number of hydrogen-bond donors (Lipinski definition) is 1. The summed E-state index contributed by atoms with van der Waals surface area (Å²) >= 11 is 0. The van der Waals surface area contributed by atoms with E-state index in [-0.39, 0.29) is 17.9 Å². The van der Waals surface area contributed by atoms with Crippen molar-refractivity contribution in [3.63, 3.8) is 0 Å². The van der Waals surface area contributed by atoms with Crippen molar-refractivity contribution in [3.8, 4) is 0 Å². The van der Waals surface area contributed by atoms with Gasteiger partial charge < -0.3 is 10.2 Å². The van der Waals surface area contributed by atoms with Crippen LogP contribution in [0.5, 0.6) is 0 Å². The van der Waals surface area contributed by atoms with Gasteiger partial charge in [-0.25, -0.2) is 0 Å². The fraction of sp³-hybridized carbons (Fsp3) is 0.875. The molecule has 2 unspecified atom stereocenters. The zero-order chi connectivity index (χ0) is 14.8. The highest BCUT2D eigenvalue weighted by Crippen LogP contribution is 2.44. The summed E-state index contributed by atoms with van der Waals surface area (Å²) in [6, 6.07) is -0.370. The average Bonchev–Trinajstić information content (AvgIpc) is 3.24. The summed E-state index contributed by atoms with van der Waals surface area (Å²) in [5.74, 6) is 0.491. The summed E-state index contributed by atoms with van der Waals surface area (Å²) in [5, 5.41) is 2.85. The molecule has 20 heavy (non-hydrogen) atoms.